The number of aromatic nitrogens is 2. The second-order valence-corrected chi connectivity index (χ2v) is 9.57. The third kappa shape index (κ3) is 5.02. The van der Waals surface area contributed by atoms with Gasteiger partial charge in [0.15, 0.2) is 0 Å². The highest BCUT2D eigenvalue weighted by Gasteiger charge is 2.10. The predicted octanol–water partition coefficient (Wildman–Crippen LogP) is 6.15. The first-order chi connectivity index (χ1) is 16.5. The van der Waals surface area contributed by atoms with Crippen molar-refractivity contribution in [3.8, 4) is 0 Å². The quantitative estimate of drug-likeness (QED) is 0.313. The Bertz CT molecular complexity index is 1510. The molecule has 0 fully saturated rings. The Hall–Kier alpha value is -3.90. The third-order valence-electron chi connectivity index (χ3n) is 5.77. The molecule has 0 radical (unpaired) electrons. The number of carbonyl (C=O) groups excluding carboxylic acids is 2. The van der Waals surface area contributed by atoms with Crippen molar-refractivity contribution in [3.63, 3.8) is 0 Å². The SMILES string of the molecule is Cc1nc2cc(NC(=O)c3ccc(CCC(=O)Cc4ccc5cnccc5c4)cc3)ccc2s1. The van der Waals surface area contributed by atoms with Gasteiger partial charge in [0.2, 0.25) is 0 Å². The molecular formula is C28H23N3O2S. The highest BCUT2D eigenvalue weighted by atomic mass is 32.1. The lowest BCUT2D eigenvalue weighted by Crippen LogP contribution is -2.11. The van der Waals surface area contributed by atoms with Crippen molar-refractivity contribution in [2.75, 3.05) is 5.32 Å². The maximum atomic E-state index is 12.6. The Morgan fingerprint density at radius 2 is 1.74 bits per heavy atom. The van der Waals surface area contributed by atoms with Crippen molar-refractivity contribution in [2.45, 2.75) is 26.2 Å². The lowest BCUT2D eigenvalue weighted by Gasteiger charge is -2.07. The number of fused-ring (bicyclic) bond motifs is 2. The van der Waals surface area contributed by atoms with E-state index in [9.17, 15) is 9.59 Å². The first-order valence-electron chi connectivity index (χ1n) is 11.2. The highest BCUT2D eigenvalue weighted by molar-refractivity contribution is 7.18. The van der Waals surface area contributed by atoms with Crippen molar-refractivity contribution >= 4 is 49.7 Å². The summed E-state index contributed by atoms with van der Waals surface area (Å²) in [6.07, 6.45) is 5.12. The summed E-state index contributed by atoms with van der Waals surface area (Å²) in [4.78, 5) is 33.8. The van der Waals surface area contributed by atoms with Crippen LogP contribution in [0.3, 0.4) is 0 Å². The maximum Gasteiger partial charge on any atom is 0.255 e. The Kier molecular flexibility index (Phi) is 6.14. The van der Waals surface area contributed by atoms with Gasteiger partial charge in [0, 0.05) is 41.9 Å². The third-order valence-corrected chi connectivity index (χ3v) is 6.72. The fourth-order valence-electron chi connectivity index (χ4n) is 3.99. The number of nitrogens with zero attached hydrogens (tertiary/aromatic N) is 2. The summed E-state index contributed by atoms with van der Waals surface area (Å²) in [5, 5.41) is 6.10. The minimum atomic E-state index is -0.166. The van der Waals surface area contributed by atoms with Crippen LogP contribution in [0.1, 0.15) is 32.9 Å². The number of ketones is 1. The number of anilines is 1. The average molecular weight is 466 g/mol. The normalized spacial score (nSPS) is 11.1. The summed E-state index contributed by atoms with van der Waals surface area (Å²) in [5.41, 5.74) is 4.24. The predicted molar refractivity (Wildman–Crippen MR) is 138 cm³/mol. The zero-order chi connectivity index (χ0) is 23.5. The molecule has 1 amide bonds. The van der Waals surface area contributed by atoms with E-state index < -0.39 is 0 Å². The average Bonchev–Trinajstić information content (AvgIpc) is 3.22. The van der Waals surface area contributed by atoms with Gasteiger partial charge in [0.1, 0.15) is 5.78 Å². The number of pyridine rings is 1. The number of carbonyl (C=O) groups is 2. The molecule has 168 valence electrons. The molecule has 0 atom stereocenters. The van der Waals surface area contributed by atoms with Crippen LogP contribution in [0.2, 0.25) is 0 Å². The van der Waals surface area contributed by atoms with Gasteiger partial charge in [-0.25, -0.2) is 4.98 Å². The molecule has 0 bridgehead atoms. The number of benzene rings is 3. The van der Waals surface area contributed by atoms with Gasteiger partial charge in [0.25, 0.3) is 5.91 Å². The second-order valence-electron chi connectivity index (χ2n) is 8.34. The minimum absolute atomic E-state index is 0.166. The molecule has 5 rings (SSSR count). The molecule has 34 heavy (non-hydrogen) atoms. The van der Waals surface area contributed by atoms with Crippen molar-refractivity contribution in [2.24, 2.45) is 0 Å². The van der Waals surface area contributed by atoms with E-state index in [1.165, 1.54) is 0 Å². The number of thiazole rings is 1. The highest BCUT2D eigenvalue weighted by Crippen LogP contribution is 2.25. The van der Waals surface area contributed by atoms with Crippen LogP contribution in [-0.2, 0) is 17.6 Å². The number of hydrogen-bond acceptors (Lipinski definition) is 5. The minimum Gasteiger partial charge on any atom is -0.322 e. The fraction of sp³-hybridized carbons (Fsp3) is 0.143. The summed E-state index contributed by atoms with van der Waals surface area (Å²) in [5.74, 6) is 0.0309. The summed E-state index contributed by atoms with van der Waals surface area (Å²) in [6.45, 7) is 1.97. The number of rotatable bonds is 7. The molecule has 0 aliphatic rings. The summed E-state index contributed by atoms with van der Waals surface area (Å²) < 4.78 is 1.10. The first-order valence-corrected chi connectivity index (χ1v) is 12.0. The van der Waals surface area contributed by atoms with Crippen LogP contribution in [0.25, 0.3) is 21.0 Å². The van der Waals surface area contributed by atoms with E-state index in [4.69, 9.17) is 0 Å². The van der Waals surface area contributed by atoms with Gasteiger partial charge >= 0.3 is 0 Å². The van der Waals surface area contributed by atoms with E-state index in [0.29, 0.717) is 24.8 Å². The van der Waals surface area contributed by atoms with Gasteiger partial charge in [-0.15, -0.1) is 11.3 Å². The van der Waals surface area contributed by atoms with Gasteiger partial charge in [-0.2, -0.15) is 0 Å². The summed E-state index contributed by atoms with van der Waals surface area (Å²) >= 11 is 1.63. The molecular weight excluding hydrogens is 442 g/mol. The molecule has 2 heterocycles. The Morgan fingerprint density at radius 1 is 0.912 bits per heavy atom. The number of amides is 1. The van der Waals surface area contributed by atoms with Crippen molar-refractivity contribution in [3.05, 3.63) is 101 Å². The molecule has 0 saturated carbocycles. The standard InChI is InChI=1S/C28H23N3O2S/c1-18-30-26-16-24(9-11-27(26)34-18)31-28(33)21-6-2-19(3-7-21)5-10-25(32)15-20-4-8-23-17-29-13-12-22(23)14-20/h2-4,6-9,11-14,16-17H,5,10,15H2,1H3,(H,31,33). The molecule has 0 saturated heterocycles. The van der Waals surface area contributed by atoms with Crippen molar-refractivity contribution in [1.82, 2.24) is 9.97 Å². The number of Topliss-reactive ketones (excluding diaryl/α,β-unsaturated/α-hetero) is 1. The van der Waals surface area contributed by atoms with Crippen LogP contribution in [0, 0.1) is 6.92 Å². The molecule has 0 aliphatic carbocycles. The molecule has 2 aromatic heterocycles. The Morgan fingerprint density at radius 3 is 2.59 bits per heavy atom. The molecule has 5 nitrogen and oxygen atoms in total. The van der Waals surface area contributed by atoms with E-state index in [1.807, 2.05) is 61.7 Å². The number of hydrogen-bond donors (Lipinski definition) is 1. The monoisotopic (exact) mass is 465 g/mol. The largest absolute Gasteiger partial charge is 0.322 e. The Labute approximate surface area is 201 Å². The van der Waals surface area contributed by atoms with Crippen molar-refractivity contribution in [1.29, 1.82) is 0 Å². The van der Waals surface area contributed by atoms with Gasteiger partial charge in [-0.05, 0) is 66.3 Å². The van der Waals surface area contributed by atoms with Gasteiger partial charge in [0.05, 0.1) is 15.2 Å². The van der Waals surface area contributed by atoms with Crippen LogP contribution in [0.4, 0.5) is 5.69 Å². The lowest BCUT2D eigenvalue weighted by atomic mass is 10.00. The van der Waals surface area contributed by atoms with Gasteiger partial charge in [-0.3, -0.25) is 14.6 Å². The van der Waals surface area contributed by atoms with Crippen LogP contribution < -0.4 is 5.32 Å². The van der Waals surface area contributed by atoms with Crippen molar-refractivity contribution < 1.29 is 9.59 Å². The molecule has 0 unspecified atom stereocenters. The maximum absolute atomic E-state index is 12.6. The Balaban J connectivity index is 1.16. The molecule has 0 aliphatic heterocycles. The molecule has 5 aromatic rings. The summed E-state index contributed by atoms with van der Waals surface area (Å²) in [7, 11) is 0. The lowest BCUT2D eigenvalue weighted by molar-refractivity contribution is -0.118. The van der Waals surface area contributed by atoms with E-state index >= 15 is 0 Å². The zero-order valence-corrected chi connectivity index (χ0v) is 19.6. The van der Waals surface area contributed by atoms with Gasteiger partial charge < -0.3 is 5.32 Å². The van der Waals surface area contributed by atoms with Crippen LogP contribution in [0.15, 0.2) is 79.1 Å². The van der Waals surface area contributed by atoms with E-state index in [2.05, 4.69) is 21.4 Å². The molecule has 3 aromatic carbocycles. The van der Waals surface area contributed by atoms with Gasteiger partial charge in [-0.1, -0.05) is 30.3 Å². The van der Waals surface area contributed by atoms with E-state index in [1.54, 1.807) is 29.7 Å². The van der Waals surface area contributed by atoms with Crippen LogP contribution in [0.5, 0.6) is 0 Å². The van der Waals surface area contributed by atoms with E-state index in [-0.39, 0.29) is 11.7 Å². The van der Waals surface area contributed by atoms with Crippen LogP contribution >= 0.6 is 11.3 Å². The molecule has 6 heteroatoms. The molecule has 1 N–H and O–H groups in total. The van der Waals surface area contributed by atoms with E-state index in [0.717, 1.165) is 42.8 Å². The second kappa shape index (κ2) is 9.53. The number of nitrogens with one attached hydrogen (secondary N) is 1. The topological polar surface area (TPSA) is 72.0 Å². The smallest absolute Gasteiger partial charge is 0.255 e. The first kappa shape index (κ1) is 21.9. The zero-order valence-electron chi connectivity index (χ0n) is 18.7. The fourth-order valence-corrected chi connectivity index (χ4v) is 4.80. The number of aryl methyl sites for hydroxylation is 2. The molecule has 0 spiro atoms. The summed E-state index contributed by atoms with van der Waals surface area (Å²) in [6, 6.07) is 21.2. The van der Waals surface area contributed by atoms with Crippen LogP contribution in [-0.4, -0.2) is 21.7 Å².